The monoisotopic (exact) mass is 263 g/mol. The third kappa shape index (κ3) is 3.25. The van der Waals surface area contributed by atoms with Gasteiger partial charge in [-0.1, -0.05) is 0 Å². The van der Waals surface area contributed by atoms with Crippen molar-refractivity contribution in [2.24, 2.45) is 11.7 Å². The fourth-order valence-electron chi connectivity index (χ4n) is 2.93. The Morgan fingerprint density at radius 1 is 1.42 bits per heavy atom. The van der Waals surface area contributed by atoms with E-state index in [1.165, 1.54) is 0 Å². The zero-order chi connectivity index (χ0) is 14.0. The molecule has 2 N–H and O–H groups in total. The molecule has 1 fully saturated rings. The molecule has 1 heterocycles. The van der Waals surface area contributed by atoms with Crippen molar-refractivity contribution in [3.63, 3.8) is 0 Å². The number of aryl methyl sites for hydroxylation is 1. The van der Waals surface area contributed by atoms with Gasteiger partial charge in [0.05, 0.1) is 12.8 Å². The van der Waals surface area contributed by atoms with Crippen LogP contribution in [0.3, 0.4) is 0 Å². The van der Waals surface area contributed by atoms with Crippen molar-refractivity contribution in [1.29, 1.82) is 0 Å². The smallest absolute Gasteiger partial charge is 0.128 e. The molecule has 0 unspecified atom stereocenters. The molecular formula is C15H25N3O. The Hall–Kier alpha value is -1.13. The SMILES string of the molecule is COc1c(C)cnc(CN(C)CC2CC(N)C2)c1C. The highest BCUT2D eigenvalue weighted by Crippen LogP contribution is 2.28. The number of ether oxygens (including phenoxy) is 1. The first-order valence-corrected chi connectivity index (χ1v) is 6.94. The molecular weight excluding hydrogens is 238 g/mol. The second kappa shape index (κ2) is 5.88. The molecule has 1 aliphatic carbocycles. The summed E-state index contributed by atoms with van der Waals surface area (Å²) >= 11 is 0. The molecule has 2 rings (SSSR count). The van der Waals surface area contributed by atoms with Gasteiger partial charge in [-0.25, -0.2) is 0 Å². The van der Waals surface area contributed by atoms with E-state index in [4.69, 9.17) is 10.5 Å². The van der Waals surface area contributed by atoms with E-state index in [1.54, 1.807) is 7.11 Å². The van der Waals surface area contributed by atoms with Gasteiger partial charge in [-0.05, 0) is 39.7 Å². The Bertz CT molecular complexity index is 441. The summed E-state index contributed by atoms with van der Waals surface area (Å²) in [5.41, 5.74) is 9.18. The number of aromatic nitrogens is 1. The summed E-state index contributed by atoms with van der Waals surface area (Å²) in [6.07, 6.45) is 4.22. The largest absolute Gasteiger partial charge is 0.496 e. The van der Waals surface area contributed by atoms with Gasteiger partial charge in [0.25, 0.3) is 0 Å². The Balaban J connectivity index is 1.98. The van der Waals surface area contributed by atoms with Crippen LogP contribution in [0.15, 0.2) is 6.20 Å². The highest BCUT2D eigenvalue weighted by Gasteiger charge is 2.26. The van der Waals surface area contributed by atoms with Crippen molar-refractivity contribution in [1.82, 2.24) is 9.88 Å². The number of methoxy groups -OCH3 is 1. The average Bonchev–Trinajstić information content (AvgIpc) is 2.32. The molecule has 0 radical (unpaired) electrons. The van der Waals surface area contributed by atoms with Crippen LogP contribution < -0.4 is 10.5 Å². The fraction of sp³-hybridized carbons (Fsp3) is 0.667. The van der Waals surface area contributed by atoms with Crippen molar-refractivity contribution in [3.8, 4) is 5.75 Å². The number of hydrogen-bond donors (Lipinski definition) is 1. The fourth-order valence-corrected chi connectivity index (χ4v) is 2.93. The number of hydrogen-bond acceptors (Lipinski definition) is 4. The lowest BCUT2D eigenvalue weighted by Gasteiger charge is -2.35. The van der Waals surface area contributed by atoms with Crippen molar-refractivity contribution in [3.05, 3.63) is 23.0 Å². The molecule has 0 aliphatic heterocycles. The summed E-state index contributed by atoms with van der Waals surface area (Å²) in [5.74, 6) is 1.72. The number of nitrogens with two attached hydrogens (primary N) is 1. The molecule has 4 heteroatoms. The third-order valence-electron chi connectivity index (χ3n) is 4.01. The molecule has 0 bridgehead atoms. The van der Waals surface area contributed by atoms with Gasteiger partial charge in [0.2, 0.25) is 0 Å². The molecule has 4 nitrogen and oxygen atoms in total. The van der Waals surface area contributed by atoms with E-state index in [1.807, 2.05) is 13.1 Å². The molecule has 0 atom stereocenters. The first kappa shape index (κ1) is 14.3. The number of rotatable bonds is 5. The lowest BCUT2D eigenvalue weighted by Crippen LogP contribution is -2.41. The molecule has 106 valence electrons. The van der Waals surface area contributed by atoms with E-state index in [2.05, 4.69) is 23.9 Å². The standard InChI is InChI=1S/C15H25N3O/c1-10-7-17-14(11(2)15(10)19-4)9-18(3)8-12-5-13(16)6-12/h7,12-13H,5-6,8-9,16H2,1-4H3. The lowest BCUT2D eigenvalue weighted by molar-refractivity contribution is 0.177. The minimum atomic E-state index is 0.428. The van der Waals surface area contributed by atoms with Crippen LogP contribution in [0, 0.1) is 19.8 Å². The molecule has 0 amide bonds. The maximum Gasteiger partial charge on any atom is 0.128 e. The summed E-state index contributed by atoms with van der Waals surface area (Å²) in [4.78, 5) is 6.88. The summed E-state index contributed by atoms with van der Waals surface area (Å²) in [7, 11) is 3.87. The van der Waals surface area contributed by atoms with Gasteiger partial charge in [-0.15, -0.1) is 0 Å². The van der Waals surface area contributed by atoms with Crippen LogP contribution in [0.2, 0.25) is 0 Å². The van der Waals surface area contributed by atoms with Crippen LogP contribution in [-0.4, -0.2) is 36.6 Å². The Morgan fingerprint density at radius 2 is 2.11 bits per heavy atom. The topological polar surface area (TPSA) is 51.4 Å². The van der Waals surface area contributed by atoms with E-state index in [-0.39, 0.29) is 0 Å². The summed E-state index contributed by atoms with van der Waals surface area (Å²) in [5, 5.41) is 0. The third-order valence-corrected chi connectivity index (χ3v) is 4.01. The molecule has 1 aromatic heterocycles. The van der Waals surface area contributed by atoms with Crippen LogP contribution >= 0.6 is 0 Å². The second-order valence-electron chi connectivity index (χ2n) is 5.84. The molecule has 0 saturated heterocycles. The maximum atomic E-state index is 5.83. The van der Waals surface area contributed by atoms with Gasteiger partial charge in [-0.2, -0.15) is 0 Å². The van der Waals surface area contributed by atoms with Gasteiger partial charge in [0, 0.05) is 36.5 Å². The summed E-state index contributed by atoms with van der Waals surface area (Å²) in [6.45, 7) is 6.09. The van der Waals surface area contributed by atoms with E-state index in [9.17, 15) is 0 Å². The first-order valence-electron chi connectivity index (χ1n) is 6.94. The van der Waals surface area contributed by atoms with Crippen molar-refractivity contribution < 1.29 is 4.74 Å². The highest BCUT2D eigenvalue weighted by atomic mass is 16.5. The van der Waals surface area contributed by atoms with Crippen molar-refractivity contribution in [2.45, 2.75) is 39.3 Å². The van der Waals surface area contributed by atoms with E-state index < -0.39 is 0 Å². The quantitative estimate of drug-likeness (QED) is 0.881. The van der Waals surface area contributed by atoms with Gasteiger partial charge in [0.15, 0.2) is 0 Å². The number of pyridine rings is 1. The van der Waals surface area contributed by atoms with E-state index in [0.717, 1.165) is 54.4 Å². The van der Waals surface area contributed by atoms with E-state index in [0.29, 0.717) is 6.04 Å². The van der Waals surface area contributed by atoms with Gasteiger partial charge in [-0.3, -0.25) is 4.98 Å². The Morgan fingerprint density at radius 3 is 2.68 bits per heavy atom. The summed E-state index contributed by atoms with van der Waals surface area (Å²) in [6, 6.07) is 0.428. The van der Waals surface area contributed by atoms with Crippen molar-refractivity contribution >= 4 is 0 Å². The first-order chi connectivity index (χ1) is 9.01. The predicted octanol–water partition coefficient (Wildman–Crippen LogP) is 1.88. The van der Waals surface area contributed by atoms with E-state index >= 15 is 0 Å². The minimum Gasteiger partial charge on any atom is -0.496 e. The normalized spacial score (nSPS) is 22.4. The van der Waals surface area contributed by atoms with Crippen molar-refractivity contribution in [2.75, 3.05) is 20.7 Å². The molecule has 0 spiro atoms. The Kier molecular flexibility index (Phi) is 4.42. The molecule has 1 saturated carbocycles. The lowest BCUT2D eigenvalue weighted by atomic mass is 9.80. The zero-order valence-electron chi connectivity index (χ0n) is 12.4. The van der Waals surface area contributed by atoms with Crippen LogP contribution in [0.1, 0.15) is 29.7 Å². The highest BCUT2D eigenvalue weighted by molar-refractivity contribution is 5.40. The molecule has 1 aliphatic rings. The zero-order valence-corrected chi connectivity index (χ0v) is 12.4. The molecule has 1 aromatic rings. The van der Waals surface area contributed by atoms with Crippen LogP contribution in [0.4, 0.5) is 0 Å². The maximum absolute atomic E-state index is 5.83. The van der Waals surface area contributed by atoms with Gasteiger partial charge < -0.3 is 15.4 Å². The average molecular weight is 263 g/mol. The van der Waals surface area contributed by atoms with Gasteiger partial charge in [0.1, 0.15) is 5.75 Å². The van der Waals surface area contributed by atoms with Gasteiger partial charge >= 0.3 is 0 Å². The van der Waals surface area contributed by atoms with Crippen LogP contribution in [0.5, 0.6) is 5.75 Å². The van der Waals surface area contributed by atoms with Crippen LogP contribution in [-0.2, 0) is 6.54 Å². The Labute approximate surface area is 116 Å². The summed E-state index contributed by atoms with van der Waals surface area (Å²) < 4.78 is 5.45. The predicted molar refractivity (Wildman–Crippen MR) is 77.3 cm³/mol. The molecule has 0 aromatic carbocycles. The molecule has 19 heavy (non-hydrogen) atoms. The minimum absolute atomic E-state index is 0.428. The van der Waals surface area contributed by atoms with Crippen LogP contribution in [0.25, 0.3) is 0 Å². The number of nitrogens with zero attached hydrogens (tertiary/aromatic N) is 2. The second-order valence-corrected chi connectivity index (χ2v) is 5.84.